The highest BCUT2D eigenvalue weighted by Crippen LogP contribution is 2.43. The maximum Gasteiger partial charge on any atom is 0.133 e. The average molecular weight is 258 g/mol. The summed E-state index contributed by atoms with van der Waals surface area (Å²) in [7, 11) is 1.53. The van der Waals surface area contributed by atoms with Crippen molar-refractivity contribution in [3.63, 3.8) is 0 Å². The van der Waals surface area contributed by atoms with E-state index in [4.69, 9.17) is 21.2 Å². The molecule has 0 radical (unpaired) electrons. The van der Waals surface area contributed by atoms with E-state index in [1.54, 1.807) is 0 Å². The molecule has 2 N–H and O–H groups in total. The Labute approximate surface area is 105 Å². The highest BCUT2D eigenvalue weighted by atomic mass is 35.5. The molecule has 0 aromatic heterocycles. The second kappa shape index (κ2) is 4.37. The first kappa shape index (κ1) is 12.5. The van der Waals surface area contributed by atoms with Crippen molar-refractivity contribution in [2.24, 2.45) is 0 Å². The number of ether oxygens (including phenoxy) is 1. The molecule has 1 aromatic rings. The van der Waals surface area contributed by atoms with Crippen LogP contribution in [0.25, 0.3) is 0 Å². The summed E-state index contributed by atoms with van der Waals surface area (Å²) in [5.41, 5.74) is 4.80. The SMILES string of the molecule is CONc1cc2c(c(C)c1Cl)OC(C)(CO)C2. The zero-order valence-electron chi connectivity index (χ0n) is 10.1. The molecule has 4 nitrogen and oxygen atoms in total. The fraction of sp³-hybridized carbons (Fsp3) is 0.500. The van der Waals surface area contributed by atoms with Crippen LogP contribution in [0.2, 0.25) is 5.02 Å². The van der Waals surface area contributed by atoms with Gasteiger partial charge in [0.15, 0.2) is 0 Å². The van der Waals surface area contributed by atoms with E-state index in [-0.39, 0.29) is 6.61 Å². The number of rotatable bonds is 3. The van der Waals surface area contributed by atoms with E-state index >= 15 is 0 Å². The van der Waals surface area contributed by atoms with Gasteiger partial charge in [-0.05, 0) is 19.9 Å². The molecular formula is C12H16ClNO3. The predicted octanol–water partition coefficient (Wildman–Crippen LogP) is 2.31. The monoisotopic (exact) mass is 257 g/mol. The molecule has 17 heavy (non-hydrogen) atoms. The summed E-state index contributed by atoms with van der Waals surface area (Å²) in [5, 5.41) is 9.91. The van der Waals surface area contributed by atoms with Crippen LogP contribution in [0, 0.1) is 6.92 Å². The first-order valence-corrected chi connectivity index (χ1v) is 5.79. The van der Waals surface area contributed by atoms with Gasteiger partial charge >= 0.3 is 0 Å². The highest BCUT2D eigenvalue weighted by molar-refractivity contribution is 6.34. The molecule has 1 atom stereocenters. The molecule has 0 spiro atoms. The number of anilines is 1. The van der Waals surface area contributed by atoms with Gasteiger partial charge in [-0.15, -0.1) is 0 Å². The number of aliphatic hydroxyl groups is 1. The lowest BCUT2D eigenvalue weighted by Crippen LogP contribution is -2.34. The number of fused-ring (bicyclic) bond motifs is 1. The van der Waals surface area contributed by atoms with Crippen molar-refractivity contribution >= 4 is 17.3 Å². The molecule has 1 unspecified atom stereocenters. The molecule has 0 aliphatic carbocycles. The molecule has 1 aromatic carbocycles. The lowest BCUT2D eigenvalue weighted by Gasteiger charge is -2.21. The fourth-order valence-corrected chi connectivity index (χ4v) is 2.26. The lowest BCUT2D eigenvalue weighted by atomic mass is 9.99. The largest absolute Gasteiger partial charge is 0.484 e. The third-order valence-electron chi connectivity index (χ3n) is 2.98. The van der Waals surface area contributed by atoms with Crippen LogP contribution in [0.1, 0.15) is 18.1 Å². The Bertz CT molecular complexity index is 450. The van der Waals surface area contributed by atoms with Crippen molar-refractivity contribution in [1.29, 1.82) is 0 Å². The van der Waals surface area contributed by atoms with Gasteiger partial charge in [0.2, 0.25) is 0 Å². The lowest BCUT2D eigenvalue weighted by molar-refractivity contribution is 0.0442. The Morgan fingerprint density at radius 3 is 2.94 bits per heavy atom. The van der Waals surface area contributed by atoms with Crippen molar-refractivity contribution in [3.8, 4) is 5.75 Å². The van der Waals surface area contributed by atoms with Crippen LogP contribution in [0.15, 0.2) is 6.07 Å². The van der Waals surface area contributed by atoms with E-state index in [1.165, 1.54) is 7.11 Å². The molecule has 0 bridgehead atoms. The average Bonchev–Trinajstić information content (AvgIpc) is 2.64. The topological polar surface area (TPSA) is 50.7 Å². The van der Waals surface area contributed by atoms with Crippen LogP contribution in [0.5, 0.6) is 5.75 Å². The van der Waals surface area contributed by atoms with Gasteiger partial charge in [-0.3, -0.25) is 10.3 Å². The summed E-state index contributed by atoms with van der Waals surface area (Å²) in [4.78, 5) is 4.88. The van der Waals surface area contributed by atoms with Gasteiger partial charge < -0.3 is 9.84 Å². The Hall–Kier alpha value is -0.970. The van der Waals surface area contributed by atoms with Gasteiger partial charge in [-0.2, -0.15) is 0 Å². The third-order valence-corrected chi connectivity index (χ3v) is 3.46. The molecule has 0 amide bonds. The minimum Gasteiger partial charge on any atom is -0.484 e. The molecule has 1 aliphatic heterocycles. The molecule has 0 fully saturated rings. The van der Waals surface area contributed by atoms with E-state index in [2.05, 4.69) is 5.48 Å². The second-order valence-corrected chi connectivity index (χ2v) is 4.92. The maximum absolute atomic E-state index is 9.33. The van der Waals surface area contributed by atoms with Crippen LogP contribution >= 0.6 is 11.6 Å². The third kappa shape index (κ3) is 2.08. The number of benzene rings is 1. The normalized spacial score (nSPS) is 22.2. The summed E-state index contributed by atoms with van der Waals surface area (Å²) >= 11 is 6.21. The van der Waals surface area contributed by atoms with Gasteiger partial charge in [-0.1, -0.05) is 11.6 Å². The van der Waals surface area contributed by atoms with Crippen LogP contribution in [-0.4, -0.2) is 24.4 Å². The van der Waals surface area contributed by atoms with Gasteiger partial charge in [0, 0.05) is 17.5 Å². The minimum absolute atomic E-state index is 0.0220. The molecular weight excluding hydrogens is 242 g/mol. The van der Waals surface area contributed by atoms with Gasteiger partial charge in [0.25, 0.3) is 0 Å². The van der Waals surface area contributed by atoms with E-state index in [9.17, 15) is 5.11 Å². The second-order valence-electron chi connectivity index (χ2n) is 4.54. The summed E-state index contributed by atoms with van der Waals surface area (Å²) in [5.74, 6) is 0.771. The zero-order valence-corrected chi connectivity index (χ0v) is 10.9. The van der Waals surface area contributed by atoms with Gasteiger partial charge in [0.1, 0.15) is 11.4 Å². The molecule has 2 rings (SSSR count). The first-order valence-electron chi connectivity index (χ1n) is 5.41. The molecule has 0 saturated heterocycles. The maximum atomic E-state index is 9.33. The smallest absolute Gasteiger partial charge is 0.133 e. The molecule has 5 heteroatoms. The van der Waals surface area contributed by atoms with Crippen LogP contribution in [0.4, 0.5) is 5.69 Å². The van der Waals surface area contributed by atoms with E-state index in [0.29, 0.717) is 11.4 Å². The molecule has 1 aliphatic rings. The first-order chi connectivity index (χ1) is 8.00. The Morgan fingerprint density at radius 2 is 2.35 bits per heavy atom. The van der Waals surface area contributed by atoms with Gasteiger partial charge in [-0.25, -0.2) is 0 Å². The minimum atomic E-state index is -0.553. The van der Waals surface area contributed by atoms with Crippen LogP contribution < -0.4 is 10.2 Å². The number of nitrogens with one attached hydrogen (secondary N) is 1. The molecule has 0 saturated carbocycles. The molecule has 94 valence electrons. The Balaban J connectivity index is 2.45. The Morgan fingerprint density at radius 1 is 1.65 bits per heavy atom. The number of aliphatic hydroxyl groups excluding tert-OH is 1. The fourth-order valence-electron chi connectivity index (χ4n) is 2.08. The van der Waals surface area contributed by atoms with Gasteiger partial charge in [0.05, 0.1) is 24.4 Å². The van der Waals surface area contributed by atoms with Crippen LogP contribution in [0.3, 0.4) is 0 Å². The summed E-state index contributed by atoms with van der Waals surface area (Å²) < 4.78 is 5.79. The van der Waals surface area contributed by atoms with Crippen molar-refractivity contribution < 1.29 is 14.7 Å². The number of halogens is 1. The summed E-state index contributed by atoms with van der Waals surface area (Å²) in [6.45, 7) is 3.75. The number of hydrogen-bond donors (Lipinski definition) is 2. The Kier molecular flexibility index (Phi) is 3.21. The van der Waals surface area contributed by atoms with E-state index < -0.39 is 5.60 Å². The summed E-state index contributed by atoms with van der Waals surface area (Å²) in [6.07, 6.45) is 0.662. The zero-order chi connectivity index (χ0) is 12.6. The van der Waals surface area contributed by atoms with E-state index in [0.717, 1.165) is 22.6 Å². The summed E-state index contributed by atoms with van der Waals surface area (Å²) in [6, 6.07) is 1.90. The quantitative estimate of drug-likeness (QED) is 0.816. The van der Waals surface area contributed by atoms with Crippen LogP contribution in [-0.2, 0) is 11.3 Å². The molecule has 1 heterocycles. The highest BCUT2D eigenvalue weighted by Gasteiger charge is 2.36. The van der Waals surface area contributed by atoms with Crippen molar-refractivity contribution in [3.05, 3.63) is 22.2 Å². The standard InChI is InChI=1S/C12H16ClNO3/c1-7-10(13)9(14-16-3)4-8-5-12(2,6-15)17-11(7)8/h4,14-15H,5-6H2,1-3H3. The van der Waals surface area contributed by atoms with Crippen molar-refractivity contribution in [2.75, 3.05) is 19.2 Å². The van der Waals surface area contributed by atoms with Crippen molar-refractivity contribution in [2.45, 2.75) is 25.9 Å². The van der Waals surface area contributed by atoms with Crippen molar-refractivity contribution in [1.82, 2.24) is 0 Å². The number of hydrogen-bond acceptors (Lipinski definition) is 4. The van der Waals surface area contributed by atoms with E-state index in [1.807, 2.05) is 19.9 Å². The predicted molar refractivity (Wildman–Crippen MR) is 66.6 cm³/mol.